The fourth-order valence-corrected chi connectivity index (χ4v) is 4.19. The summed E-state index contributed by atoms with van der Waals surface area (Å²) in [6.45, 7) is 0. The molecule has 4 N–H and O–H groups in total. The minimum atomic E-state index is -3.39. The number of amides is 1. The fraction of sp³-hybridized carbons (Fsp3) is 0.130. The molecular formula is C23H23N5O3S. The van der Waals surface area contributed by atoms with Gasteiger partial charge in [-0.2, -0.15) is 0 Å². The molecule has 164 valence electrons. The second-order valence-corrected chi connectivity index (χ2v) is 9.04. The van der Waals surface area contributed by atoms with E-state index in [4.69, 9.17) is 4.98 Å². The summed E-state index contributed by atoms with van der Waals surface area (Å²) in [5.41, 5.74) is 4.53. The Kier molecular flexibility index (Phi) is 5.58. The number of carbonyl (C=O) groups excluding carboxylic acids is 1. The average molecular weight is 450 g/mol. The van der Waals surface area contributed by atoms with Crippen LogP contribution in [0.25, 0.3) is 21.8 Å². The zero-order chi connectivity index (χ0) is 22.9. The van der Waals surface area contributed by atoms with E-state index < -0.39 is 10.0 Å². The summed E-state index contributed by atoms with van der Waals surface area (Å²) in [7, 11) is -0.0403. The standard InChI is InChI=1S/C23H23N5O3S/c1-24-20-13-14(28-32(3,30)31)11-12-19(20)27-21-15-7-4-5-10-18(15)26-22-16(21)8-6-9-17(22)23(29)25-2/h4-13,24,28H,1-3H3,(H,25,29)(H,26,27). The molecule has 0 aliphatic heterocycles. The van der Waals surface area contributed by atoms with Crippen molar-refractivity contribution >= 4 is 60.5 Å². The van der Waals surface area contributed by atoms with E-state index in [9.17, 15) is 13.2 Å². The minimum absolute atomic E-state index is 0.212. The molecule has 4 rings (SSSR count). The maximum Gasteiger partial charge on any atom is 0.253 e. The smallest absolute Gasteiger partial charge is 0.253 e. The molecule has 9 heteroatoms. The lowest BCUT2D eigenvalue weighted by molar-refractivity contribution is 0.0964. The Labute approximate surface area is 186 Å². The van der Waals surface area contributed by atoms with Crippen LogP contribution in [-0.4, -0.2) is 39.7 Å². The number of hydrogen-bond acceptors (Lipinski definition) is 6. The molecule has 0 spiro atoms. The van der Waals surface area contributed by atoms with E-state index in [1.54, 1.807) is 38.4 Å². The number of nitrogens with one attached hydrogen (secondary N) is 4. The Balaban J connectivity index is 1.91. The molecule has 0 aliphatic rings. The molecule has 0 saturated carbocycles. The van der Waals surface area contributed by atoms with Crippen molar-refractivity contribution in [3.8, 4) is 0 Å². The van der Waals surface area contributed by atoms with Gasteiger partial charge in [0.1, 0.15) is 0 Å². The number of anilines is 4. The van der Waals surface area contributed by atoms with Crippen LogP contribution in [0.4, 0.5) is 22.7 Å². The summed E-state index contributed by atoms with van der Waals surface area (Å²) in [5.74, 6) is -0.212. The molecular weight excluding hydrogens is 426 g/mol. The van der Waals surface area contributed by atoms with Gasteiger partial charge in [0.2, 0.25) is 10.0 Å². The van der Waals surface area contributed by atoms with E-state index >= 15 is 0 Å². The van der Waals surface area contributed by atoms with E-state index in [0.29, 0.717) is 22.5 Å². The highest BCUT2D eigenvalue weighted by atomic mass is 32.2. The summed E-state index contributed by atoms with van der Waals surface area (Å²) in [5, 5.41) is 10.9. The number of sulfonamides is 1. The third-order valence-electron chi connectivity index (χ3n) is 5.03. The Morgan fingerprint density at radius 1 is 0.906 bits per heavy atom. The van der Waals surface area contributed by atoms with Crippen molar-refractivity contribution < 1.29 is 13.2 Å². The maximum absolute atomic E-state index is 12.4. The molecule has 0 unspecified atom stereocenters. The van der Waals surface area contributed by atoms with Gasteiger partial charge in [0.05, 0.1) is 45.6 Å². The van der Waals surface area contributed by atoms with Crippen LogP contribution in [0.5, 0.6) is 0 Å². The van der Waals surface area contributed by atoms with Gasteiger partial charge in [-0.25, -0.2) is 13.4 Å². The van der Waals surface area contributed by atoms with Crippen molar-refractivity contribution in [2.45, 2.75) is 0 Å². The van der Waals surface area contributed by atoms with Crippen molar-refractivity contribution in [3.05, 3.63) is 66.2 Å². The number of fused-ring (bicyclic) bond motifs is 2. The second kappa shape index (κ2) is 8.35. The van der Waals surface area contributed by atoms with Crippen molar-refractivity contribution in [2.24, 2.45) is 0 Å². The van der Waals surface area contributed by atoms with Crippen LogP contribution in [0.2, 0.25) is 0 Å². The molecule has 0 fully saturated rings. The van der Waals surface area contributed by atoms with Gasteiger partial charge in [-0.05, 0) is 30.3 Å². The summed E-state index contributed by atoms with van der Waals surface area (Å²) in [6.07, 6.45) is 1.11. The summed E-state index contributed by atoms with van der Waals surface area (Å²) >= 11 is 0. The molecule has 0 aliphatic carbocycles. The van der Waals surface area contributed by atoms with Crippen LogP contribution in [0.3, 0.4) is 0 Å². The van der Waals surface area contributed by atoms with Crippen LogP contribution >= 0.6 is 0 Å². The number of hydrogen-bond donors (Lipinski definition) is 4. The van der Waals surface area contributed by atoms with E-state index in [0.717, 1.165) is 33.9 Å². The van der Waals surface area contributed by atoms with Gasteiger partial charge in [-0.15, -0.1) is 0 Å². The zero-order valence-corrected chi connectivity index (χ0v) is 18.7. The number of nitrogens with zero attached hydrogens (tertiary/aromatic N) is 1. The number of benzene rings is 3. The molecule has 32 heavy (non-hydrogen) atoms. The molecule has 4 aromatic rings. The summed E-state index contributed by atoms with van der Waals surface area (Å²) < 4.78 is 25.7. The van der Waals surface area contributed by atoms with Gasteiger partial charge in [-0.3, -0.25) is 9.52 Å². The molecule has 0 radical (unpaired) electrons. The van der Waals surface area contributed by atoms with Gasteiger partial charge >= 0.3 is 0 Å². The molecule has 3 aromatic carbocycles. The predicted molar refractivity (Wildman–Crippen MR) is 130 cm³/mol. The van der Waals surface area contributed by atoms with Crippen LogP contribution in [0.15, 0.2) is 60.7 Å². The number of aromatic nitrogens is 1. The first kappa shape index (κ1) is 21.4. The third kappa shape index (κ3) is 4.15. The van der Waals surface area contributed by atoms with Gasteiger partial charge in [0.25, 0.3) is 5.91 Å². The van der Waals surface area contributed by atoms with Crippen molar-refractivity contribution in [1.29, 1.82) is 0 Å². The lowest BCUT2D eigenvalue weighted by Crippen LogP contribution is -2.18. The van der Waals surface area contributed by atoms with Crippen LogP contribution < -0.4 is 20.7 Å². The monoisotopic (exact) mass is 449 g/mol. The topological polar surface area (TPSA) is 112 Å². The van der Waals surface area contributed by atoms with E-state index in [1.807, 2.05) is 36.4 Å². The van der Waals surface area contributed by atoms with Gasteiger partial charge < -0.3 is 16.0 Å². The number of rotatable bonds is 6. The number of para-hydroxylation sites is 2. The molecule has 1 amide bonds. The highest BCUT2D eigenvalue weighted by Gasteiger charge is 2.16. The van der Waals surface area contributed by atoms with Crippen LogP contribution in [0, 0.1) is 0 Å². The minimum Gasteiger partial charge on any atom is -0.386 e. The largest absolute Gasteiger partial charge is 0.386 e. The quantitative estimate of drug-likeness (QED) is 0.332. The van der Waals surface area contributed by atoms with Crippen molar-refractivity contribution in [2.75, 3.05) is 35.7 Å². The average Bonchev–Trinajstić information content (AvgIpc) is 2.77. The molecule has 0 bridgehead atoms. The second-order valence-electron chi connectivity index (χ2n) is 7.29. The fourth-order valence-electron chi connectivity index (χ4n) is 3.64. The molecule has 8 nitrogen and oxygen atoms in total. The SMILES string of the molecule is CNC(=O)c1cccc2c(Nc3ccc(NS(C)(=O)=O)cc3NC)c3ccccc3nc12. The molecule has 0 atom stereocenters. The van der Waals surface area contributed by atoms with Crippen molar-refractivity contribution in [1.82, 2.24) is 10.3 Å². The summed E-state index contributed by atoms with van der Waals surface area (Å²) in [4.78, 5) is 17.2. The van der Waals surface area contributed by atoms with Crippen LogP contribution in [-0.2, 0) is 10.0 Å². The van der Waals surface area contributed by atoms with E-state index in [1.165, 1.54) is 0 Å². The molecule has 1 heterocycles. The Hall–Kier alpha value is -3.85. The third-order valence-corrected chi connectivity index (χ3v) is 5.64. The highest BCUT2D eigenvalue weighted by molar-refractivity contribution is 7.92. The zero-order valence-electron chi connectivity index (χ0n) is 17.9. The van der Waals surface area contributed by atoms with Crippen molar-refractivity contribution in [3.63, 3.8) is 0 Å². The number of carbonyl (C=O) groups is 1. The van der Waals surface area contributed by atoms with Gasteiger partial charge in [-0.1, -0.05) is 30.3 Å². The van der Waals surface area contributed by atoms with E-state index in [-0.39, 0.29) is 5.91 Å². The summed E-state index contributed by atoms with van der Waals surface area (Å²) in [6, 6.07) is 18.4. The highest BCUT2D eigenvalue weighted by Crippen LogP contribution is 2.37. The predicted octanol–water partition coefficient (Wildman–Crippen LogP) is 3.90. The first-order valence-corrected chi connectivity index (χ1v) is 11.8. The Bertz CT molecular complexity index is 1450. The molecule has 1 aromatic heterocycles. The van der Waals surface area contributed by atoms with Gasteiger partial charge in [0, 0.05) is 24.9 Å². The Morgan fingerprint density at radius 3 is 2.38 bits per heavy atom. The molecule has 0 saturated heterocycles. The normalized spacial score (nSPS) is 11.3. The van der Waals surface area contributed by atoms with Gasteiger partial charge in [0.15, 0.2) is 0 Å². The lowest BCUT2D eigenvalue weighted by atomic mass is 10.0. The van der Waals surface area contributed by atoms with Crippen LogP contribution in [0.1, 0.15) is 10.4 Å². The Morgan fingerprint density at radius 2 is 1.66 bits per heavy atom. The lowest BCUT2D eigenvalue weighted by Gasteiger charge is -2.18. The first-order valence-electron chi connectivity index (χ1n) is 9.91. The van der Waals surface area contributed by atoms with E-state index in [2.05, 4.69) is 20.7 Å². The maximum atomic E-state index is 12.4. The number of pyridine rings is 1. The first-order chi connectivity index (χ1) is 15.3.